The Balaban J connectivity index is 3.19. The van der Waals surface area contributed by atoms with Crippen LogP contribution in [0.25, 0.3) is 0 Å². The molecule has 5 heteroatoms. The molecule has 1 aromatic rings. The molecule has 0 aliphatic rings. The van der Waals surface area contributed by atoms with E-state index in [4.69, 9.17) is 11.0 Å². The van der Waals surface area contributed by atoms with Crippen LogP contribution in [-0.2, 0) is 0 Å². The highest BCUT2D eigenvalue weighted by Gasteiger charge is 2.06. The normalized spacial score (nSPS) is 12.0. The van der Waals surface area contributed by atoms with Gasteiger partial charge in [-0.3, -0.25) is 9.78 Å². The topological polar surface area (TPSA) is 95.6 Å². The van der Waals surface area contributed by atoms with E-state index in [2.05, 4.69) is 9.97 Å². The third-order valence-electron chi connectivity index (χ3n) is 1.42. The number of H-pyrrole nitrogens is 1. The van der Waals surface area contributed by atoms with E-state index in [9.17, 15) is 4.79 Å². The number of rotatable bonds is 1. The van der Waals surface area contributed by atoms with Crippen LogP contribution in [0.2, 0.25) is 0 Å². The molecular formula is C7H8N4O. The summed E-state index contributed by atoms with van der Waals surface area (Å²) in [5.41, 5.74) is 5.34. The lowest BCUT2D eigenvalue weighted by Crippen LogP contribution is -2.12. The van der Waals surface area contributed by atoms with Crippen molar-refractivity contribution in [3.05, 3.63) is 22.1 Å². The molecule has 0 radical (unpaired) electrons. The molecule has 1 aromatic heterocycles. The molecule has 0 fully saturated rings. The van der Waals surface area contributed by atoms with E-state index in [-0.39, 0.29) is 11.5 Å². The smallest absolute Gasteiger partial charge is 0.252 e. The highest BCUT2D eigenvalue weighted by atomic mass is 16.1. The van der Waals surface area contributed by atoms with E-state index in [1.807, 2.05) is 6.07 Å². The Morgan fingerprint density at radius 3 is 3.00 bits per heavy atom. The van der Waals surface area contributed by atoms with E-state index in [1.54, 1.807) is 6.92 Å². The number of nitriles is 1. The Kier molecular flexibility index (Phi) is 2.10. The fourth-order valence-corrected chi connectivity index (χ4v) is 0.784. The van der Waals surface area contributed by atoms with Crippen molar-refractivity contribution in [1.82, 2.24) is 9.97 Å². The third-order valence-corrected chi connectivity index (χ3v) is 1.42. The number of hydrogen-bond donors (Lipinski definition) is 2. The first-order valence-corrected chi connectivity index (χ1v) is 3.40. The third kappa shape index (κ3) is 1.61. The maximum Gasteiger partial charge on any atom is 0.252 e. The van der Waals surface area contributed by atoms with Gasteiger partial charge in [-0.05, 0) is 6.92 Å². The molecule has 1 rings (SSSR count). The molecule has 62 valence electrons. The SMILES string of the molecule is CC(C#N)c1cc(=O)[nH]c(N)n1. The van der Waals surface area contributed by atoms with Crippen LogP contribution in [0.3, 0.4) is 0 Å². The molecule has 0 saturated heterocycles. The van der Waals surface area contributed by atoms with Gasteiger partial charge < -0.3 is 5.73 Å². The fourth-order valence-electron chi connectivity index (χ4n) is 0.784. The van der Waals surface area contributed by atoms with Gasteiger partial charge in [-0.25, -0.2) is 4.98 Å². The molecule has 0 saturated carbocycles. The molecule has 3 N–H and O–H groups in total. The zero-order valence-electron chi connectivity index (χ0n) is 6.53. The molecule has 1 unspecified atom stereocenters. The maximum atomic E-state index is 10.8. The van der Waals surface area contributed by atoms with Crippen LogP contribution in [0.4, 0.5) is 5.95 Å². The largest absolute Gasteiger partial charge is 0.369 e. The number of nitrogens with one attached hydrogen (secondary N) is 1. The van der Waals surface area contributed by atoms with Gasteiger partial charge in [0.2, 0.25) is 5.95 Å². The molecule has 0 aliphatic carbocycles. The molecule has 0 aromatic carbocycles. The van der Waals surface area contributed by atoms with Crippen LogP contribution >= 0.6 is 0 Å². The predicted molar refractivity (Wildman–Crippen MR) is 43.3 cm³/mol. The predicted octanol–water partition coefficient (Wildman–Crippen LogP) is -0.0208. The summed E-state index contributed by atoms with van der Waals surface area (Å²) in [6, 6.07) is 3.23. The summed E-state index contributed by atoms with van der Waals surface area (Å²) in [4.78, 5) is 16.9. The van der Waals surface area contributed by atoms with Gasteiger partial charge in [-0.2, -0.15) is 5.26 Å². The van der Waals surface area contributed by atoms with Crippen LogP contribution in [0.1, 0.15) is 18.5 Å². The van der Waals surface area contributed by atoms with Gasteiger partial charge in [0.25, 0.3) is 5.56 Å². The van der Waals surface area contributed by atoms with Gasteiger partial charge in [0.15, 0.2) is 0 Å². The Labute approximate surface area is 68.9 Å². The number of hydrogen-bond acceptors (Lipinski definition) is 4. The first-order chi connectivity index (χ1) is 5.63. The van der Waals surface area contributed by atoms with Gasteiger partial charge in [-0.15, -0.1) is 0 Å². The standard InChI is InChI=1S/C7H8N4O/c1-4(3-8)5-2-6(12)11-7(9)10-5/h2,4H,1H3,(H3,9,10,11,12). The quantitative estimate of drug-likeness (QED) is 0.609. The van der Waals surface area contributed by atoms with Crippen LogP contribution in [-0.4, -0.2) is 9.97 Å². The minimum Gasteiger partial charge on any atom is -0.369 e. The van der Waals surface area contributed by atoms with Gasteiger partial charge in [0.1, 0.15) is 0 Å². The summed E-state index contributed by atoms with van der Waals surface area (Å²) in [5.74, 6) is -0.366. The number of aromatic amines is 1. The summed E-state index contributed by atoms with van der Waals surface area (Å²) in [6.45, 7) is 1.65. The highest BCUT2D eigenvalue weighted by Crippen LogP contribution is 2.08. The molecule has 0 bridgehead atoms. The Morgan fingerprint density at radius 2 is 2.50 bits per heavy atom. The van der Waals surface area contributed by atoms with E-state index in [0.29, 0.717) is 5.69 Å². The van der Waals surface area contributed by atoms with Gasteiger partial charge in [0, 0.05) is 6.07 Å². The first kappa shape index (κ1) is 8.27. The molecule has 1 atom stereocenters. The van der Waals surface area contributed by atoms with Crippen molar-refractivity contribution in [2.45, 2.75) is 12.8 Å². The molecule has 5 nitrogen and oxygen atoms in total. The average molecular weight is 164 g/mol. The van der Waals surface area contributed by atoms with E-state index in [1.165, 1.54) is 6.07 Å². The maximum absolute atomic E-state index is 10.8. The molecule has 0 aliphatic heterocycles. The lowest BCUT2D eigenvalue weighted by molar-refractivity contribution is 0.901. The van der Waals surface area contributed by atoms with Crippen LogP contribution in [0, 0.1) is 11.3 Å². The Bertz CT molecular complexity index is 376. The van der Waals surface area contributed by atoms with Crippen molar-refractivity contribution >= 4 is 5.95 Å². The number of nitrogen functional groups attached to an aromatic ring is 1. The fraction of sp³-hybridized carbons (Fsp3) is 0.286. The van der Waals surface area contributed by atoms with Gasteiger partial charge in [-0.1, -0.05) is 0 Å². The minimum absolute atomic E-state index is 0.0413. The molecule has 0 spiro atoms. The Morgan fingerprint density at radius 1 is 1.83 bits per heavy atom. The Hall–Kier alpha value is -1.83. The van der Waals surface area contributed by atoms with Crippen LogP contribution in [0.5, 0.6) is 0 Å². The van der Waals surface area contributed by atoms with Crippen molar-refractivity contribution < 1.29 is 0 Å². The van der Waals surface area contributed by atoms with Gasteiger partial charge in [0.05, 0.1) is 17.7 Å². The van der Waals surface area contributed by atoms with Crippen molar-refractivity contribution in [2.24, 2.45) is 0 Å². The zero-order chi connectivity index (χ0) is 9.14. The lowest BCUT2D eigenvalue weighted by atomic mass is 10.1. The summed E-state index contributed by atoms with van der Waals surface area (Å²) in [5, 5.41) is 8.53. The van der Waals surface area contributed by atoms with Crippen molar-refractivity contribution in [3.63, 3.8) is 0 Å². The second-order valence-electron chi connectivity index (χ2n) is 2.41. The molecule has 1 heterocycles. The van der Waals surface area contributed by atoms with Crippen molar-refractivity contribution in [1.29, 1.82) is 5.26 Å². The van der Waals surface area contributed by atoms with E-state index >= 15 is 0 Å². The van der Waals surface area contributed by atoms with E-state index in [0.717, 1.165) is 0 Å². The number of nitrogens with two attached hydrogens (primary N) is 1. The average Bonchev–Trinajstić information content (AvgIpc) is 2.01. The summed E-state index contributed by atoms with van der Waals surface area (Å²) in [7, 11) is 0. The number of anilines is 1. The van der Waals surface area contributed by atoms with E-state index < -0.39 is 5.92 Å². The summed E-state index contributed by atoms with van der Waals surface area (Å²) < 4.78 is 0. The number of aromatic nitrogens is 2. The number of nitrogens with zero attached hydrogens (tertiary/aromatic N) is 2. The lowest BCUT2D eigenvalue weighted by Gasteiger charge is -2.00. The summed E-state index contributed by atoms with van der Waals surface area (Å²) >= 11 is 0. The van der Waals surface area contributed by atoms with Crippen molar-refractivity contribution in [3.8, 4) is 6.07 Å². The van der Waals surface area contributed by atoms with Crippen LogP contribution < -0.4 is 11.3 Å². The highest BCUT2D eigenvalue weighted by molar-refractivity contribution is 5.22. The van der Waals surface area contributed by atoms with Gasteiger partial charge >= 0.3 is 0 Å². The summed E-state index contributed by atoms with van der Waals surface area (Å²) in [6.07, 6.45) is 0. The first-order valence-electron chi connectivity index (χ1n) is 3.40. The molecule has 0 amide bonds. The second kappa shape index (κ2) is 3.05. The molecular weight excluding hydrogens is 156 g/mol. The van der Waals surface area contributed by atoms with Crippen LogP contribution in [0.15, 0.2) is 10.9 Å². The minimum atomic E-state index is -0.408. The zero-order valence-corrected chi connectivity index (χ0v) is 6.53. The van der Waals surface area contributed by atoms with Crippen molar-refractivity contribution in [2.75, 3.05) is 5.73 Å². The second-order valence-corrected chi connectivity index (χ2v) is 2.41. The molecule has 12 heavy (non-hydrogen) atoms. The monoisotopic (exact) mass is 164 g/mol.